The fourth-order valence-corrected chi connectivity index (χ4v) is 9.39. The molecule has 0 amide bonds. The fraction of sp³-hybridized carbons (Fsp3) is 1.00. The van der Waals surface area contributed by atoms with Gasteiger partial charge in [-0.3, -0.25) is 0 Å². The van der Waals surface area contributed by atoms with E-state index in [0.717, 1.165) is 30.6 Å². The van der Waals surface area contributed by atoms with Gasteiger partial charge in [0.1, 0.15) is 0 Å². The first-order valence-corrected chi connectivity index (χ1v) is 13.5. The summed E-state index contributed by atoms with van der Waals surface area (Å²) in [6.07, 6.45) is 9.68. The molecule has 0 heterocycles. The molecule has 0 bridgehead atoms. The van der Waals surface area contributed by atoms with Crippen molar-refractivity contribution in [3.05, 3.63) is 0 Å². The van der Waals surface area contributed by atoms with Gasteiger partial charge < -0.3 is 15.3 Å². The Hall–Kier alpha value is -0.120. The quantitative estimate of drug-likeness (QED) is 0.523. The van der Waals surface area contributed by atoms with E-state index in [0.29, 0.717) is 28.6 Å². The second-order valence-corrected chi connectivity index (χ2v) is 13.3. The Bertz CT molecular complexity index is 634. The van der Waals surface area contributed by atoms with E-state index in [2.05, 4.69) is 41.5 Å². The van der Waals surface area contributed by atoms with E-state index in [1.165, 1.54) is 44.9 Å². The molecule has 4 saturated carbocycles. The predicted molar refractivity (Wildman–Crippen MR) is 126 cm³/mol. The van der Waals surface area contributed by atoms with E-state index >= 15 is 0 Å². The Morgan fingerprint density at radius 2 is 1.39 bits per heavy atom. The summed E-state index contributed by atoms with van der Waals surface area (Å²) in [5.74, 6) is 4.30. The Labute approximate surface area is 191 Å². The smallest absolute Gasteiger partial charge is 0.0830 e. The van der Waals surface area contributed by atoms with Crippen molar-refractivity contribution in [2.75, 3.05) is 0 Å². The van der Waals surface area contributed by atoms with Crippen LogP contribution < -0.4 is 0 Å². The van der Waals surface area contributed by atoms with Gasteiger partial charge in [-0.05, 0) is 116 Å². The molecule has 0 aromatic rings. The zero-order valence-corrected chi connectivity index (χ0v) is 21.1. The molecule has 0 spiro atoms. The summed E-state index contributed by atoms with van der Waals surface area (Å²) < 4.78 is 0. The first kappa shape index (κ1) is 24.0. The minimum atomic E-state index is -0.628. The fourth-order valence-electron chi connectivity index (χ4n) is 9.39. The molecule has 0 radical (unpaired) electrons. The van der Waals surface area contributed by atoms with Crippen LogP contribution in [-0.4, -0.2) is 33.6 Å². The van der Waals surface area contributed by atoms with Crippen LogP contribution in [0.1, 0.15) is 99.3 Å². The summed E-state index contributed by atoms with van der Waals surface area (Å²) in [5.41, 5.74) is 0.731. The van der Waals surface area contributed by atoms with Gasteiger partial charge in [0.15, 0.2) is 0 Å². The molecule has 0 aromatic carbocycles. The normalized spacial score (nSPS) is 49.0. The monoisotopic (exact) mass is 434 g/mol. The third-order valence-corrected chi connectivity index (χ3v) is 11.8. The summed E-state index contributed by atoms with van der Waals surface area (Å²) >= 11 is 0. The molecule has 12 atom stereocenters. The lowest BCUT2D eigenvalue weighted by atomic mass is 9.44. The van der Waals surface area contributed by atoms with Gasteiger partial charge in [-0.25, -0.2) is 0 Å². The molecule has 4 aliphatic carbocycles. The van der Waals surface area contributed by atoms with Crippen LogP contribution in [0.4, 0.5) is 0 Å². The maximum absolute atomic E-state index is 11.1. The molecule has 0 saturated heterocycles. The Balaban J connectivity index is 1.51. The van der Waals surface area contributed by atoms with Crippen LogP contribution >= 0.6 is 0 Å². The minimum Gasteiger partial charge on any atom is -0.393 e. The van der Waals surface area contributed by atoms with Gasteiger partial charge >= 0.3 is 0 Å². The predicted octanol–water partition coefficient (Wildman–Crippen LogP) is 5.66. The highest BCUT2D eigenvalue weighted by atomic mass is 16.3. The standard InChI is InChI=1S/C28H50O3/c1-16(2)17(3)25(30)26(31)18(4)22-9-10-23-21-8-7-19-15-20(29)11-13-27(19,5)24(21)12-14-28(22,23)6/h16-26,29-31H,7-15H2,1-6H3/t17-,18+,19-,20-,21-,22+,23-,24-,25+,26+,27-,28+/m0/s1. The summed E-state index contributed by atoms with van der Waals surface area (Å²) in [6, 6.07) is 0. The molecular formula is C28H50O3. The van der Waals surface area contributed by atoms with Crippen LogP contribution in [0.5, 0.6) is 0 Å². The highest BCUT2D eigenvalue weighted by Crippen LogP contribution is 2.68. The number of rotatable bonds is 5. The Morgan fingerprint density at radius 3 is 2.06 bits per heavy atom. The third-order valence-electron chi connectivity index (χ3n) is 11.8. The van der Waals surface area contributed by atoms with Crippen LogP contribution in [0.25, 0.3) is 0 Å². The lowest BCUT2D eigenvalue weighted by molar-refractivity contribution is -0.136. The van der Waals surface area contributed by atoms with Crippen LogP contribution in [-0.2, 0) is 0 Å². The maximum atomic E-state index is 11.1. The first-order chi connectivity index (χ1) is 14.5. The van der Waals surface area contributed by atoms with Crippen molar-refractivity contribution in [2.24, 2.45) is 58.2 Å². The van der Waals surface area contributed by atoms with Crippen LogP contribution in [0.15, 0.2) is 0 Å². The van der Waals surface area contributed by atoms with Gasteiger partial charge in [0.25, 0.3) is 0 Å². The van der Waals surface area contributed by atoms with E-state index in [1.807, 2.05) is 0 Å². The molecule has 4 aliphatic rings. The Kier molecular flexibility index (Phi) is 6.65. The van der Waals surface area contributed by atoms with Crippen molar-refractivity contribution in [3.63, 3.8) is 0 Å². The highest BCUT2D eigenvalue weighted by Gasteiger charge is 2.61. The maximum Gasteiger partial charge on any atom is 0.0830 e. The topological polar surface area (TPSA) is 60.7 Å². The lowest BCUT2D eigenvalue weighted by Gasteiger charge is -2.61. The van der Waals surface area contributed by atoms with Gasteiger partial charge in [0, 0.05) is 0 Å². The molecule has 180 valence electrons. The number of aliphatic hydroxyl groups is 3. The number of fused-ring (bicyclic) bond motifs is 5. The zero-order valence-electron chi connectivity index (χ0n) is 21.1. The third kappa shape index (κ3) is 3.83. The zero-order chi connectivity index (χ0) is 22.7. The van der Waals surface area contributed by atoms with Gasteiger partial charge in [0.05, 0.1) is 18.3 Å². The van der Waals surface area contributed by atoms with Crippen molar-refractivity contribution >= 4 is 0 Å². The molecule has 4 rings (SSSR count). The summed E-state index contributed by atoms with van der Waals surface area (Å²) in [4.78, 5) is 0. The van der Waals surface area contributed by atoms with E-state index in [9.17, 15) is 15.3 Å². The molecule has 0 aromatic heterocycles. The number of hydrogen-bond donors (Lipinski definition) is 3. The molecule has 3 heteroatoms. The van der Waals surface area contributed by atoms with Gasteiger partial charge in [-0.2, -0.15) is 0 Å². The molecular weight excluding hydrogens is 384 g/mol. The van der Waals surface area contributed by atoms with Crippen molar-refractivity contribution in [1.29, 1.82) is 0 Å². The summed E-state index contributed by atoms with van der Waals surface area (Å²) in [6.45, 7) is 13.7. The molecule has 3 N–H and O–H groups in total. The molecule has 0 aliphatic heterocycles. The Morgan fingerprint density at radius 1 is 0.742 bits per heavy atom. The van der Waals surface area contributed by atoms with Gasteiger partial charge in [0.2, 0.25) is 0 Å². The van der Waals surface area contributed by atoms with E-state index in [-0.39, 0.29) is 17.9 Å². The summed E-state index contributed by atoms with van der Waals surface area (Å²) in [7, 11) is 0. The largest absolute Gasteiger partial charge is 0.393 e. The number of aliphatic hydroxyl groups excluding tert-OH is 3. The van der Waals surface area contributed by atoms with Gasteiger partial charge in [-0.15, -0.1) is 0 Å². The van der Waals surface area contributed by atoms with Crippen LogP contribution in [0, 0.1) is 58.2 Å². The van der Waals surface area contributed by atoms with Crippen LogP contribution in [0.2, 0.25) is 0 Å². The second kappa shape index (κ2) is 8.58. The van der Waals surface area contributed by atoms with Crippen molar-refractivity contribution < 1.29 is 15.3 Å². The van der Waals surface area contributed by atoms with E-state index < -0.39 is 12.2 Å². The van der Waals surface area contributed by atoms with E-state index in [4.69, 9.17) is 0 Å². The second-order valence-electron chi connectivity index (χ2n) is 13.3. The highest BCUT2D eigenvalue weighted by molar-refractivity contribution is 5.10. The van der Waals surface area contributed by atoms with Crippen molar-refractivity contribution in [3.8, 4) is 0 Å². The molecule has 31 heavy (non-hydrogen) atoms. The van der Waals surface area contributed by atoms with Gasteiger partial charge in [-0.1, -0.05) is 41.5 Å². The number of hydrogen-bond acceptors (Lipinski definition) is 3. The first-order valence-electron chi connectivity index (χ1n) is 13.5. The lowest BCUT2D eigenvalue weighted by Crippen LogP contribution is -2.54. The molecule has 4 fully saturated rings. The minimum absolute atomic E-state index is 0.0682. The average molecular weight is 435 g/mol. The summed E-state index contributed by atoms with van der Waals surface area (Å²) in [5, 5.41) is 32.3. The van der Waals surface area contributed by atoms with Crippen molar-refractivity contribution in [2.45, 2.75) is 118 Å². The van der Waals surface area contributed by atoms with Crippen LogP contribution in [0.3, 0.4) is 0 Å². The van der Waals surface area contributed by atoms with E-state index in [1.54, 1.807) is 0 Å². The average Bonchev–Trinajstić information content (AvgIpc) is 3.09. The van der Waals surface area contributed by atoms with Crippen molar-refractivity contribution in [1.82, 2.24) is 0 Å². The SMILES string of the molecule is CC(C)[C@H](C)[C@@H](O)[C@H](O)[C@H](C)[C@H]1CC[C@H]2[C@@H]3CC[C@H]4C[C@@H](O)CC[C@]4(C)[C@H]3CC[C@]12C. The molecule has 0 unspecified atom stereocenters. The molecule has 3 nitrogen and oxygen atoms in total.